The lowest BCUT2D eigenvalue weighted by Crippen LogP contribution is -2.20. The Balaban J connectivity index is 2.79. The Hall–Kier alpha value is -0.250. The molecule has 1 aromatic carbocycles. The van der Waals surface area contributed by atoms with Crippen molar-refractivity contribution in [1.29, 1.82) is 0 Å². The fourth-order valence-electron chi connectivity index (χ4n) is 0.865. The molecule has 3 heteroatoms. The van der Waals surface area contributed by atoms with Crippen LogP contribution in [0.1, 0.15) is 5.56 Å². The van der Waals surface area contributed by atoms with E-state index in [-0.39, 0.29) is 0 Å². The van der Waals surface area contributed by atoms with Gasteiger partial charge < -0.3 is 5.11 Å². The van der Waals surface area contributed by atoms with Gasteiger partial charge in [-0.2, -0.15) is 0 Å². The van der Waals surface area contributed by atoms with E-state index in [4.69, 9.17) is 12.2 Å². The highest BCUT2D eigenvalue weighted by Crippen LogP contribution is 2.06. The fraction of sp³-hybridized carbons (Fsp3) is 0.222. The smallest absolute Gasteiger partial charge is 0.0992 e. The lowest BCUT2D eigenvalue weighted by atomic mass is 10.1. The summed E-state index contributed by atoms with van der Waals surface area (Å²) >= 11 is 8.24. The Morgan fingerprint density at radius 1 is 1.42 bits per heavy atom. The molecule has 0 heterocycles. The van der Waals surface area contributed by atoms with Gasteiger partial charge >= 0.3 is 0 Å². The first kappa shape index (κ1) is 9.84. The Kier molecular flexibility index (Phi) is 3.85. The quantitative estimate of drug-likeness (QED) is 0.500. The lowest BCUT2D eigenvalue weighted by Gasteiger charge is -2.07. The number of halogens is 1. The highest BCUT2D eigenvalue weighted by atomic mass is 79.9. The first-order valence-electron chi connectivity index (χ1n) is 3.59. The van der Waals surface area contributed by atoms with Crippen LogP contribution in [0.15, 0.2) is 30.3 Å². The van der Waals surface area contributed by atoms with Crippen LogP contribution in [0.3, 0.4) is 0 Å². The summed E-state index contributed by atoms with van der Waals surface area (Å²) in [6.45, 7) is 0. The summed E-state index contributed by atoms with van der Waals surface area (Å²) in [5.41, 5.74) is 0.916. The summed E-state index contributed by atoms with van der Waals surface area (Å²) in [4.78, 5) is 0.590. The third-order valence-corrected chi connectivity index (χ3v) is 2.63. The molecule has 1 nitrogen and oxygen atoms in total. The van der Waals surface area contributed by atoms with Crippen LogP contribution in [0, 0.1) is 0 Å². The third kappa shape index (κ3) is 2.37. The van der Waals surface area contributed by atoms with Gasteiger partial charge in [0.25, 0.3) is 0 Å². The van der Waals surface area contributed by atoms with Crippen molar-refractivity contribution in [3.63, 3.8) is 0 Å². The molecule has 64 valence electrons. The van der Waals surface area contributed by atoms with Crippen molar-refractivity contribution >= 4 is 33.0 Å². The molecule has 1 rings (SSSR count). The van der Waals surface area contributed by atoms with E-state index in [1.54, 1.807) is 0 Å². The first-order valence-corrected chi connectivity index (χ1v) is 5.12. The zero-order chi connectivity index (χ0) is 8.97. The van der Waals surface area contributed by atoms with Crippen molar-refractivity contribution in [1.82, 2.24) is 0 Å². The van der Waals surface area contributed by atoms with Crippen LogP contribution in [0.2, 0.25) is 0 Å². The molecule has 1 unspecified atom stereocenters. The maximum Gasteiger partial charge on any atom is 0.0992 e. The SMILES string of the molecule is OC(CBr)C(=S)c1ccccc1. The number of benzene rings is 1. The molecular weight excluding hydrogens is 236 g/mol. The molecule has 0 aliphatic heterocycles. The van der Waals surface area contributed by atoms with Gasteiger partial charge in [-0.3, -0.25) is 0 Å². The Bertz CT molecular complexity index is 260. The van der Waals surface area contributed by atoms with Gasteiger partial charge in [-0.05, 0) is 5.56 Å². The maximum atomic E-state index is 9.39. The van der Waals surface area contributed by atoms with Crippen molar-refractivity contribution < 1.29 is 5.11 Å². The van der Waals surface area contributed by atoms with Crippen LogP contribution in [0.25, 0.3) is 0 Å². The zero-order valence-electron chi connectivity index (χ0n) is 6.40. The van der Waals surface area contributed by atoms with E-state index in [0.717, 1.165) is 5.56 Å². The minimum Gasteiger partial charge on any atom is -0.387 e. The number of aliphatic hydroxyl groups is 1. The van der Waals surface area contributed by atoms with Crippen LogP contribution >= 0.6 is 28.1 Å². The molecule has 0 fully saturated rings. The van der Waals surface area contributed by atoms with Gasteiger partial charge in [0.05, 0.1) is 11.0 Å². The average Bonchev–Trinajstić information content (AvgIpc) is 2.17. The minimum absolute atomic E-state index is 0.487. The topological polar surface area (TPSA) is 20.2 Å². The van der Waals surface area contributed by atoms with Crippen LogP contribution in [0.4, 0.5) is 0 Å². The average molecular weight is 245 g/mol. The van der Waals surface area contributed by atoms with Gasteiger partial charge in [-0.25, -0.2) is 0 Å². The molecule has 12 heavy (non-hydrogen) atoms. The molecule has 1 aromatic rings. The van der Waals surface area contributed by atoms with E-state index < -0.39 is 6.10 Å². The highest BCUT2D eigenvalue weighted by Gasteiger charge is 2.09. The Morgan fingerprint density at radius 2 is 2.00 bits per heavy atom. The maximum absolute atomic E-state index is 9.39. The molecule has 0 bridgehead atoms. The van der Waals surface area contributed by atoms with Gasteiger partial charge in [0.2, 0.25) is 0 Å². The van der Waals surface area contributed by atoms with Gasteiger partial charge in [0.1, 0.15) is 0 Å². The highest BCUT2D eigenvalue weighted by molar-refractivity contribution is 9.09. The number of alkyl halides is 1. The van der Waals surface area contributed by atoms with Gasteiger partial charge in [0, 0.05) is 5.33 Å². The summed E-state index contributed by atoms with van der Waals surface area (Å²) in [6.07, 6.45) is -0.567. The van der Waals surface area contributed by atoms with Gasteiger partial charge in [-0.15, -0.1) is 0 Å². The second-order valence-electron chi connectivity index (χ2n) is 2.40. The monoisotopic (exact) mass is 244 g/mol. The number of hydrogen-bond donors (Lipinski definition) is 1. The molecular formula is C9H9BrOS. The van der Waals surface area contributed by atoms with Crippen LogP contribution < -0.4 is 0 Å². The van der Waals surface area contributed by atoms with Crippen molar-refractivity contribution in [2.24, 2.45) is 0 Å². The third-order valence-electron chi connectivity index (χ3n) is 1.51. The molecule has 0 aliphatic rings. The van der Waals surface area contributed by atoms with Gasteiger partial charge in [0.15, 0.2) is 0 Å². The van der Waals surface area contributed by atoms with Crippen molar-refractivity contribution in [3.05, 3.63) is 35.9 Å². The van der Waals surface area contributed by atoms with Crippen molar-refractivity contribution in [3.8, 4) is 0 Å². The molecule has 0 radical (unpaired) electrons. The standard InChI is InChI=1S/C9H9BrOS/c10-6-8(11)9(12)7-4-2-1-3-5-7/h1-5,8,11H,6H2. The normalized spacial score (nSPS) is 12.5. The fourth-order valence-corrected chi connectivity index (χ4v) is 1.62. The van der Waals surface area contributed by atoms with E-state index in [2.05, 4.69) is 15.9 Å². The van der Waals surface area contributed by atoms with Gasteiger partial charge in [-0.1, -0.05) is 58.5 Å². The number of rotatable bonds is 3. The molecule has 0 saturated heterocycles. The molecule has 1 N–H and O–H groups in total. The number of hydrogen-bond acceptors (Lipinski definition) is 2. The van der Waals surface area contributed by atoms with E-state index in [1.807, 2.05) is 30.3 Å². The Labute approximate surface area is 85.5 Å². The Morgan fingerprint density at radius 3 is 2.50 bits per heavy atom. The molecule has 0 aliphatic carbocycles. The summed E-state index contributed by atoms with van der Waals surface area (Å²) in [7, 11) is 0. The predicted octanol–water partition coefficient (Wildman–Crippen LogP) is 2.16. The summed E-state index contributed by atoms with van der Waals surface area (Å²) in [5.74, 6) is 0. The van der Waals surface area contributed by atoms with Crippen LogP contribution in [-0.2, 0) is 0 Å². The second kappa shape index (κ2) is 4.70. The second-order valence-corrected chi connectivity index (χ2v) is 3.49. The van der Waals surface area contributed by atoms with Crippen molar-refractivity contribution in [2.75, 3.05) is 5.33 Å². The summed E-state index contributed by atoms with van der Waals surface area (Å²) < 4.78 is 0. The van der Waals surface area contributed by atoms with E-state index >= 15 is 0 Å². The first-order chi connectivity index (χ1) is 5.75. The largest absolute Gasteiger partial charge is 0.387 e. The lowest BCUT2D eigenvalue weighted by molar-refractivity contribution is 0.271. The molecule has 1 atom stereocenters. The molecule has 0 amide bonds. The minimum atomic E-state index is -0.567. The predicted molar refractivity (Wildman–Crippen MR) is 57.9 cm³/mol. The number of thiocarbonyl (C=S) groups is 1. The molecule has 0 spiro atoms. The summed E-state index contributed by atoms with van der Waals surface area (Å²) in [5, 5.41) is 9.88. The number of aliphatic hydroxyl groups excluding tert-OH is 1. The summed E-state index contributed by atoms with van der Waals surface area (Å²) in [6, 6.07) is 9.53. The zero-order valence-corrected chi connectivity index (χ0v) is 8.81. The van der Waals surface area contributed by atoms with Crippen molar-refractivity contribution in [2.45, 2.75) is 6.10 Å². The molecule has 0 saturated carbocycles. The van der Waals surface area contributed by atoms with E-state index in [0.29, 0.717) is 10.2 Å². The van der Waals surface area contributed by atoms with E-state index in [9.17, 15) is 5.11 Å². The van der Waals surface area contributed by atoms with E-state index in [1.165, 1.54) is 0 Å². The molecule has 0 aromatic heterocycles. The van der Waals surface area contributed by atoms with Crippen LogP contribution in [-0.4, -0.2) is 21.4 Å². The van der Waals surface area contributed by atoms with Crippen LogP contribution in [0.5, 0.6) is 0 Å².